The predicted octanol–water partition coefficient (Wildman–Crippen LogP) is 1.77. The van der Waals surface area contributed by atoms with Gasteiger partial charge < -0.3 is 14.2 Å². The molecule has 1 aromatic heterocycles. The number of hydrogen-bond donors (Lipinski definition) is 1. The van der Waals surface area contributed by atoms with E-state index < -0.39 is 5.97 Å². The van der Waals surface area contributed by atoms with Gasteiger partial charge in [-0.25, -0.2) is 0 Å². The SMILES string of the molecule is COc1cc(/C=N\n2cn[nH]c2=S)cc(OC)c1OC(C)=O. The van der Waals surface area contributed by atoms with Gasteiger partial charge in [-0.1, -0.05) is 0 Å². The number of hydrogen-bond acceptors (Lipinski definition) is 7. The molecule has 0 atom stereocenters. The summed E-state index contributed by atoms with van der Waals surface area (Å²) < 4.78 is 17.3. The lowest BCUT2D eigenvalue weighted by atomic mass is 10.2. The van der Waals surface area contributed by atoms with Crippen LogP contribution in [0.3, 0.4) is 0 Å². The maximum atomic E-state index is 11.2. The summed E-state index contributed by atoms with van der Waals surface area (Å²) in [6.45, 7) is 1.30. The normalized spacial score (nSPS) is 10.7. The Morgan fingerprint density at radius 1 is 1.36 bits per heavy atom. The molecule has 0 aliphatic rings. The molecule has 0 fully saturated rings. The van der Waals surface area contributed by atoms with E-state index in [1.807, 2.05) is 0 Å². The molecular weight excluding hydrogens is 308 g/mol. The molecule has 9 heteroatoms. The highest BCUT2D eigenvalue weighted by Crippen LogP contribution is 2.38. The van der Waals surface area contributed by atoms with Crippen LogP contribution < -0.4 is 14.2 Å². The molecule has 0 unspecified atom stereocenters. The maximum Gasteiger partial charge on any atom is 0.308 e. The van der Waals surface area contributed by atoms with E-state index in [1.165, 1.54) is 32.1 Å². The third-order valence-corrected chi connectivity index (χ3v) is 2.87. The van der Waals surface area contributed by atoms with Gasteiger partial charge in [0.1, 0.15) is 6.33 Å². The van der Waals surface area contributed by atoms with Crippen LogP contribution in [0.15, 0.2) is 23.6 Å². The lowest BCUT2D eigenvalue weighted by molar-refractivity contribution is -0.132. The van der Waals surface area contributed by atoms with Crippen LogP contribution in [0, 0.1) is 4.77 Å². The molecule has 116 valence electrons. The van der Waals surface area contributed by atoms with Crippen molar-refractivity contribution >= 4 is 24.4 Å². The van der Waals surface area contributed by atoms with E-state index >= 15 is 0 Å². The van der Waals surface area contributed by atoms with Crippen LogP contribution in [0.5, 0.6) is 17.2 Å². The molecule has 0 aliphatic carbocycles. The molecular formula is C13H14N4O4S. The van der Waals surface area contributed by atoms with E-state index in [4.69, 9.17) is 26.4 Å². The number of ether oxygens (including phenoxy) is 3. The van der Waals surface area contributed by atoms with Crippen molar-refractivity contribution in [2.24, 2.45) is 5.10 Å². The number of esters is 1. The number of rotatable bonds is 5. The quantitative estimate of drug-likeness (QED) is 0.390. The van der Waals surface area contributed by atoms with E-state index in [2.05, 4.69) is 15.3 Å². The molecule has 1 heterocycles. The molecule has 2 rings (SSSR count). The van der Waals surface area contributed by atoms with Crippen molar-refractivity contribution in [1.82, 2.24) is 14.9 Å². The molecule has 0 saturated heterocycles. The van der Waals surface area contributed by atoms with E-state index in [0.717, 1.165) is 0 Å². The largest absolute Gasteiger partial charge is 0.493 e. The Kier molecular flexibility index (Phi) is 4.89. The Labute approximate surface area is 131 Å². The molecule has 0 spiro atoms. The molecule has 1 N–H and O–H groups in total. The Balaban J connectivity index is 2.41. The number of carbonyl (C=O) groups is 1. The second kappa shape index (κ2) is 6.85. The van der Waals surface area contributed by atoms with Crippen molar-refractivity contribution in [1.29, 1.82) is 0 Å². The van der Waals surface area contributed by atoms with E-state index in [0.29, 0.717) is 21.8 Å². The highest BCUT2D eigenvalue weighted by atomic mass is 32.1. The summed E-state index contributed by atoms with van der Waals surface area (Å²) in [5.41, 5.74) is 0.674. The molecule has 1 aromatic carbocycles. The fraction of sp³-hybridized carbons (Fsp3) is 0.231. The highest BCUT2D eigenvalue weighted by molar-refractivity contribution is 7.71. The molecule has 0 aliphatic heterocycles. The zero-order valence-electron chi connectivity index (χ0n) is 12.2. The zero-order chi connectivity index (χ0) is 16.1. The summed E-state index contributed by atoms with van der Waals surface area (Å²) in [7, 11) is 2.93. The van der Waals surface area contributed by atoms with Gasteiger partial charge in [0.2, 0.25) is 10.5 Å². The molecule has 22 heavy (non-hydrogen) atoms. The van der Waals surface area contributed by atoms with Gasteiger partial charge in [-0.2, -0.15) is 14.9 Å². The first-order chi connectivity index (χ1) is 10.5. The first-order valence-corrected chi connectivity index (χ1v) is 6.56. The van der Waals surface area contributed by atoms with Gasteiger partial charge in [0.25, 0.3) is 0 Å². The Bertz CT molecular complexity index is 740. The van der Waals surface area contributed by atoms with Crippen molar-refractivity contribution in [2.45, 2.75) is 6.92 Å². The number of benzene rings is 1. The lowest BCUT2D eigenvalue weighted by Crippen LogP contribution is -2.05. The Morgan fingerprint density at radius 3 is 2.45 bits per heavy atom. The van der Waals surface area contributed by atoms with Gasteiger partial charge in [0, 0.05) is 12.5 Å². The molecule has 0 saturated carbocycles. The Hall–Kier alpha value is -2.68. The smallest absolute Gasteiger partial charge is 0.308 e. The fourth-order valence-corrected chi connectivity index (χ4v) is 1.82. The molecule has 8 nitrogen and oxygen atoms in total. The van der Waals surface area contributed by atoms with Crippen molar-refractivity contribution in [3.63, 3.8) is 0 Å². The highest BCUT2D eigenvalue weighted by Gasteiger charge is 2.15. The van der Waals surface area contributed by atoms with Crippen LogP contribution in [0.25, 0.3) is 0 Å². The first-order valence-electron chi connectivity index (χ1n) is 6.16. The Morgan fingerprint density at radius 2 is 2.00 bits per heavy atom. The van der Waals surface area contributed by atoms with Crippen molar-refractivity contribution in [3.8, 4) is 17.2 Å². The number of methoxy groups -OCH3 is 2. The lowest BCUT2D eigenvalue weighted by Gasteiger charge is -2.13. The van der Waals surface area contributed by atoms with Crippen LogP contribution in [0.4, 0.5) is 0 Å². The van der Waals surface area contributed by atoms with Crippen LogP contribution in [0.2, 0.25) is 0 Å². The zero-order valence-corrected chi connectivity index (χ0v) is 13.0. The number of carbonyl (C=O) groups excluding carboxylic acids is 1. The second-order valence-corrected chi connectivity index (χ2v) is 4.49. The summed E-state index contributed by atoms with van der Waals surface area (Å²) >= 11 is 4.99. The number of H-pyrrole nitrogens is 1. The summed E-state index contributed by atoms with van der Waals surface area (Å²) in [5, 5.41) is 10.5. The van der Waals surface area contributed by atoms with Crippen LogP contribution in [-0.4, -0.2) is 41.3 Å². The van der Waals surface area contributed by atoms with E-state index in [-0.39, 0.29) is 5.75 Å². The minimum atomic E-state index is -0.470. The summed E-state index contributed by atoms with van der Waals surface area (Å²) in [4.78, 5) is 11.2. The van der Waals surface area contributed by atoms with Gasteiger partial charge in [-0.15, -0.1) is 0 Å². The topological polar surface area (TPSA) is 90.7 Å². The van der Waals surface area contributed by atoms with Crippen molar-refractivity contribution < 1.29 is 19.0 Å². The number of nitrogens with zero attached hydrogens (tertiary/aromatic N) is 3. The average molecular weight is 322 g/mol. The third kappa shape index (κ3) is 3.50. The molecule has 0 amide bonds. The van der Waals surface area contributed by atoms with E-state index in [9.17, 15) is 4.79 Å². The minimum Gasteiger partial charge on any atom is -0.493 e. The number of aromatic amines is 1. The van der Waals surface area contributed by atoms with Crippen LogP contribution in [0.1, 0.15) is 12.5 Å². The summed E-state index contributed by atoms with van der Waals surface area (Å²) in [5.74, 6) is 0.455. The summed E-state index contributed by atoms with van der Waals surface area (Å²) in [6, 6.07) is 3.32. The molecule has 2 aromatic rings. The first kappa shape index (κ1) is 15.7. The van der Waals surface area contributed by atoms with E-state index in [1.54, 1.807) is 18.3 Å². The van der Waals surface area contributed by atoms with Crippen LogP contribution >= 0.6 is 12.2 Å². The van der Waals surface area contributed by atoms with Gasteiger partial charge in [-0.05, 0) is 24.4 Å². The number of nitrogens with one attached hydrogen (secondary N) is 1. The van der Waals surface area contributed by atoms with Crippen molar-refractivity contribution in [3.05, 3.63) is 28.8 Å². The van der Waals surface area contributed by atoms with Gasteiger partial charge in [0.15, 0.2) is 11.5 Å². The number of aromatic nitrogens is 3. The van der Waals surface area contributed by atoms with Gasteiger partial charge >= 0.3 is 5.97 Å². The summed E-state index contributed by atoms with van der Waals surface area (Å²) in [6.07, 6.45) is 2.99. The average Bonchev–Trinajstić information content (AvgIpc) is 2.90. The van der Waals surface area contributed by atoms with Gasteiger partial charge in [0.05, 0.1) is 20.4 Å². The second-order valence-electron chi connectivity index (χ2n) is 4.10. The van der Waals surface area contributed by atoms with Crippen LogP contribution in [-0.2, 0) is 4.79 Å². The maximum absolute atomic E-state index is 11.2. The fourth-order valence-electron chi connectivity index (χ4n) is 1.67. The predicted molar refractivity (Wildman–Crippen MR) is 81.3 cm³/mol. The standard InChI is InChI=1S/C13H14N4O4S/c1-8(18)21-12-10(19-2)4-9(5-11(12)20-3)6-15-17-7-14-16-13(17)22/h4-7H,1-3H3,(H,16,22)/b15-6-. The third-order valence-electron chi connectivity index (χ3n) is 2.60. The molecule has 0 bridgehead atoms. The van der Waals surface area contributed by atoms with Crippen molar-refractivity contribution in [2.75, 3.05) is 14.2 Å². The van der Waals surface area contributed by atoms with Gasteiger partial charge in [-0.3, -0.25) is 9.89 Å². The molecule has 0 radical (unpaired) electrons. The monoisotopic (exact) mass is 322 g/mol. The minimum absolute atomic E-state index is 0.217.